The Labute approximate surface area is 165 Å². The second kappa shape index (κ2) is 8.66. The summed E-state index contributed by atoms with van der Waals surface area (Å²) >= 11 is 1.17. The Kier molecular flexibility index (Phi) is 6.05. The minimum absolute atomic E-state index is 0.0194. The van der Waals surface area contributed by atoms with Crippen molar-refractivity contribution in [3.63, 3.8) is 0 Å². The summed E-state index contributed by atoms with van der Waals surface area (Å²) < 4.78 is 6.67. The highest BCUT2D eigenvalue weighted by Crippen LogP contribution is 2.35. The third kappa shape index (κ3) is 4.04. The van der Waals surface area contributed by atoms with Gasteiger partial charge in [0, 0.05) is 11.3 Å². The second-order valence-corrected chi connectivity index (χ2v) is 6.74. The third-order valence-electron chi connectivity index (χ3n) is 3.93. The predicted molar refractivity (Wildman–Crippen MR) is 106 cm³/mol. The van der Waals surface area contributed by atoms with Crippen LogP contribution in [0.4, 0.5) is 5.69 Å². The number of hydrogen-bond acceptors (Lipinski definition) is 7. The molecule has 0 saturated heterocycles. The first-order valence-electron chi connectivity index (χ1n) is 8.56. The molecule has 1 heterocycles. The van der Waals surface area contributed by atoms with Crippen molar-refractivity contribution in [3.05, 3.63) is 64.2 Å². The van der Waals surface area contributed by atoms with E-state index in [4.69, 9.17) is 4.74 Å². The van der Waals surface area contributed by atoms with Crippen LogP contribution in [0.25, 0.3) is 17.1 Å². The van der Waals surface area contributed by atoms with Gasteiger partial charge in [-0.1, -0.05) is 42.1 Å². The SMILES string of the molecule is CCOC(=O)CSc1nnc(-c2cccc(C)c2[N+](=O)[O-])n1-c1ccccc1. The molecule has 144 valence electrons. The van der Waals surface area contributed by atoms with Gasteiger partial charge in [-0.15, -0.1) is 10.2 Å². The Balaban J connectivity index is 2.12. The quantitative estimate of drug-likeness (QED) is 0.258. The number of hydrogen-bond donors (Lipinski definition) is 0. The molecule has 28 heavy (non-hydrogen) atoms. The van der Waals surface area contributed by atoms with Gasteiger partial charge in [0.05, 0.1) is 22.8 Å². The molecule has 0 saturated carbocycles. The van der Waals surface area contributed by atoms with Crippen molar-refractivity contribution in [2.45, 2.75) is 19.0 Å². The van der Waals surface area contributed by atoms with Gasteiger partial charge in [-0.3, -0.25) is 19.5 Å². The summed E-state index contributed by atoms with van der Waals surface area (Å²) in [7, 11) is 0. The Morgan fingerprint density at radius 2 is 1.93 bits per heavy atom. The number of nitro benzene ring substituents is 1. The van der Waals surface area contributed by atoms with Crippen molar-refractivity contribution in [2.75, 3.05) is 12.4 Å². The van der Waals surface area contributed by atoms with Crippen LogP contribution in [0.1, 0.15) is 12.5 Å². The van der Waals surface area contributed by atoms with Crippen LogP contribution in [0, 0.1) is 17.0 Å². The Hall–Kier alpha value is -3.20. The van der Waals surface area contributed by atoms with Crippen LogP contribution >= 0.6 is 11.8 Å². The molecule has 0 amide bonds. The van der Waals surface area contributed by atoms with Gasteiger partial charge in [0.2, 0.25) is 0 Å². The van der Waals surface area contributed by atoms with E-state index in [0.717, 1.165) is 5.69 Å². The molecule has 0 unspecified atom stereocenters. The molecule has 0 N–H and O–H groups in total. The summed E-state index contributed by atoms with van der Waals surface area (Å²) in [5, 5.41) is 20.5. The summed E-state index contributed by atoms with van der Waals surface area (Å²) in [6, 6.07) is 14.3. The molecule has 0 fully saturated rings. The number of esters is 1. The number of carbonyl (C=O) groups is 1. The number of nitrogens with zero attached hydrogens (tertiary/aromatic N) is 4. The van der Waals surface area contributed by atoms with E-state index in [1.165, 1.54) is 11.8 Å². The van der Waals surface area contributed by atoms with E-state index >= 15 is 0 Å². The number of thioether (sulfide) groups is 1. The lowest BCUT2D eigenvalue weighted by Gasteiger charge is -2.11. The van der Waals surface area contributed by atoms with Gasteiger partial charge >= 0.3 is 5.97 Å². The van der Waals surface area contributed by atoms with Gasteiger partial charge < -0.3 is 4.74 Å². The topological polar surface area (TPSA) is 100 Å². The molecule has 2 aromatic carbocycles. The van der Waals surface area contributed by atoms with Gasteiger partial charge in [0.15, 0.2) is 11.0 Å². The smallest absolute Gasteiger partial charge is 0.316 e. The molecule has 1 aromatic heterocycles. The Bertz CT molecular complexity index is 1000. The standard InChI is InChI=1S/C19H18N4O4S/c1-3-27-16(24)12-28-19-21-20-18(22(19)14-9-5-4-6-10-14)15-11-7-8-13(2)17(15)23(25)26/h4-11H,3,12H2,1-2H3. The number of aromatic nitrogens is 3. The minimum atomic E-state index is -0.417. The fourth-order valence-corrected chi connectivity index (χ4v) is 3.51. The monoisotopic (exact) mass is 398 g/mol. The van der Waals surface area contributed by atoms with E-state index in [2.05, 4.69) is 10.2 Å². The Morgan fingerprint density at radius 3 is 2.61 bits per heavy atom. The van der Waals surface area contributed by atoms with Gasteiger partial charge in [-0.2, -0.15) is 0 Å². The maximum atomic E-state index is 11.7. The van der Waals surface area contributed by atoms with E-state index in [-0.39, 0.29) is 17.4 Å². The van der Waals surface area contributed by atoms with Crippen LogP contribution < -0.4 is 0 Å². The van der Waals surface area contributed by atoms with Crippen molar-refractivity contribution in [3.8, 4) is 17.1 Å². The fraction of sp³-hybridized carbons (Fsp3) is 0.211. The molecule has 0 spiro atoms. The third-order valence-corrected chi connectivity index (χ3v) is 4.84. The number of benzene rings is 2. The molecule has 0 atom stereocenters. The maximum absolute atomic E-state index is 11.7. The average Bonchev–Trinajstić information content (AvgIpc) is 3.10. The minimum Gasteiger partial charge on any atom is -0.465 e. The molecular formula is C19H18N4O4S. The summed E-state index contributed by atoms with van der Waals surface area (Å²) in [4.78, 5) is 23.0. The van der Waals surface area contributed by atoms with E-state index in [0.29, 0.717) is 28.7 Å². The van der Waals surface area contributed by atoms with Crippen LogP contribution in [0.2, 0.25) is 0 Å². The number of para-hydroxylation sites is 2. The normalized spacial score (nSPS) is 10.6. The van der Waals surface area contributed by atoms with Gasteiger partial charge in [0.25, 0.3) is 5.69 Å². The fourth-order valence-electron chi connectivity index (χ4n) is 2.76. The molecule has 3 rings (SSSR count). The first kappa shape index (κ1) is 19.6. The zero-order valence-electron chi connectivity index (χ0n) is 15.4. The molecule has 9 heteroatoms. The lowest BCUT2D eigenvalue weighted by Crippen LogP contribution is -2.08. The van der Waals surface area contributed by atoms with Crippen molar-refractivity contribution >= 4 is 23.4 Å². The van der Waals surface area contributed by atoms with Crippen LogP contribution in [-0.2, 0) is 9.53 Å². The lowest BCUT2D eigenvalue weighted by molar-refractivity contribution is -0.384. The van der Waals surface area contributed by atoms with Gasteiger partial charge in [-0.25, -0.2) is 0 Å². The van der Waals surface area contributed by atoms with Crippen molar-refractivity contribution < 1.29 is 14.5 Å². The van der Waals surface area contributed by atoms with Crippen LogP contribution in [-0.4, -0.2) is 38.0 Å². The zero-order valence-corrected chi connectivity index (χ0v) is 16.2. The second-order valence-electron chi connectivity index (χ2n) is 5.80. The highest BCUT2D eigenvalue weighted by atomic mass is 32.2. The van der Waals surface area contributed by atoms with Gasteiger partial charge in [0.1, 0.15) is 0 Å². The summed E-state index contributed by atoms with van der Waals surface area (Å²) in [5.41, 5.74) is 1.62. The molecule has 3 aromatic rings. The van der Waals surface area contributed by atoms with E-state index < -0.39 is 4.92 Å². The van der Waals surface area contributed by atoms with E-state index in [9.17, 15) is 14.9 Å². The van der Waals surface area contributed by atoms with Crippen LogP contribution in [0.15, 0.2) is 53.7 Å². The van der Waals surface area contributed by atoms with Crippen LogP contribution in [0.5, 0.6) is 0 Å². The molecular weight excluding hydrogens is 380 g/mol. The van der Waals surface area contributed by atoms with E-state index in [1.807, 2.05) is 30.3 Å². The molecule has 0 radical (unpaired) electrons. The summed E-state index contributed by atoms with van der Waals surface area (Å²) in [5.74, 6) is 0.0421. The van der Waals surface area contributed by atoms with Crippen molar-refractivity contribution in [2.24, 2.45) is 0 Å². The highest BCUT2D eigenvalue weighted by molar-refractivity contribution is 7.99. The number of rotatable bonds is 7. The number of aryl methyl sites for hydroxylation is 1. The molecule has 8 nitrogen and oxygen atoms in total. The van der Waals surface area contributed by atoms with Gasteiger partial charge in [-0.05, 0) is 32.0 Å². The van der Waals surface area contributed by atoms with Crippen molar-refractivity contribution in [1.29, 1.82) is 0 Å². The number of ether oxygens (including phenoxy) is 1. The molecule has 0 aliphatic heterocycles. The first-order valence-corrected chi connectivity index (χ1v) is 9.55. The lowest BCUT2D eigenvalue weighted by atomic mass is 10.1. The average molecular weight is 398 g/mol. The highest BCUT2D eigenvalue weighted by Gasteiger charge is 2.25. The number of carbonyl (C=O) groups excluding carboxylic acids is 1. The Morgan fingerprint density at radius 1 is 1.18 bits per heavy atom. The molecule has 0 aliphatic carbocycles. The summed E-state index contributed by atoms with van der Waals surface area (Å²) in [6.07, 6.45) is 0. The van der Waals surface area contributed by atoms with Crippen molar-refractivity contribution in [1.82, 2.24) is 14.8 Å². The first-order chi connectivity index (χ1) is 13.5. The molecule has 0 aliphatic rings. The zero-order chi connectivity index (χ0) is 20.1. The predicted octanol–water partition coefficient (Wildman–Crippen LogP) is 3.81. The largest absolute Gasteiger partial charge is 0.465 e. The maximum Gasteiger partial charge on any atom is 0.316 e. The molecule has 0 bridgehead atoms. The number of nitro groups is 1. The van der Waals surface area contributed by atoms with Crippen LogP contribution in [0.3, 0.4) is 0 Å². The van der Waals surface area contributed by atoms with E-state index in [1.54, 1.807) is 36.6 Å². The summed E-state index contributed by atoms with van der Waals surface area (Å²) in [6.45, 7) is 3.72.